The summed E-state index contributed by atoms with van der Waals surface area (Å²) in [4.78, 5) is 2.42. The Balaban J connectivity index is 0.986. The molecule has 0 aliphatic rings. The third-order valence-electron chi connectivity index (χ3n) is 15.1. The standard InChI is InChI=1S/C70H48N2OSi/c1-5-24-52(25-6-1)72-65-37-17-15-34-62(65)68-64(48-67-69(70(68)72)63-35-16-18-38-66(63)73-67)51-23-19-26-55(47-51)71(53-41-39-50(40-42-53)61-36-20-22-49-21-13-14-33-60(49)61)54-43-45-59(46-44-54)74(56-27-7-2-8-28-56,57-29-9-3-10-30-57)58-31-11-4-12-32-58/h1-48H. The first-order valence-electron chi connectivity index (χ1n) is 25.4. The summed E-state index contributed by atoms with van der Waals surface area (Å²) in [6, 6.07) is 107. The van der Waals surface area contributed by atoms with Crippen molar-refractivity contribution in [2.45, 2.75) is 0 Å². The highest BCUT2D eigenvalue weighted by Gasteiger charge is 2.41. The van der Waals surface area contributed by atoms with Crippen molar-refractivity contribution < 1.29 is 4.42 Å². The van der Waals surface area contributed by atoms with Gasteiger partial charge in [0, 0.05) is 38.9 Å². The average Bonchev–Trinajstić information content (AvgIpc) is 4.05. The molecule has 0 fully saturated rings. The van der Waals surface area contributed by atoms with Gasteiger partial charge in [-0.2, -0.15) is 0 Å². The summed E-state index contributed by atoms with van der Waals surface area (Å²) in [6.07, 6.45) is 0. The van der Waals surface area contributed by atoms with Crippen LogP contribution in [0.1, 0.15) is 0 Å². The van der Waals surface area contributed by atoms with Crippen molar-refractivity contribution in [1.29, 1.82) is 0 Å². The van der Waals surface area contributed by atoms with Crippen LogP contribution in [0.3, 0.4) is 0 Å². The Labute approximate surface area is 431 Å². The second-order valence-corrected chi connectivity index (χ2v) is 23.0. The van der Waals surface area contributed by atoms with Crippen LogP contribution in [0.4, 0.5) is 17.1 Å². The number of rotatable bonds is 10. The summed E-state index contributed by atoms with van der Waals surface area (Å²) < 4.78 is 9.24. The summed E-state index contributed by atoms with van der Waals surface area (Å²) in [6.45, 7) is 0. The number of nitrogens with zero attached hydrogens (tertiary/aromatic N) is 2. The SMILES string of the molecule is c1ccc(-n2c3ccccc3c3c(-c4cccc(N(c5ccc(-c6cccc7ccccc67)cc5)c5ccc([Si](c6ccccc6)(c6ccccc6)c6ccccc6)cc5)c4)cc4oc5ccccc5c4c32)cc1. The van der Waals surface area contributed by atoms with Gasteiger partial charge in [-0.3, -0.25) is 0 Å². The number of aromatic nitrogens is 1. The van der Waals surface area contributed by atoms with Gasteiger partial charge < -0.3 is 13.9 Å². The maximum absolute atomic E-state index is 6.81. The minimum Gasteiger partial charge on any atom is -0.456 e. The quantitative estimate of drug-likeness (QED) is 0.101. The van der Waals surface area contributed by atoms with Crippen LogP contribution >= 0.6 is 0 Å². The molecule has 14 aromatic rings. The molecule has 4 heteroatoms. The van der Waals surface area contributed by atoms with Gasteiger partial charge in [0.05, 0.1) is 16.4 Å². The van der Waals surface area contributed by atoms with E-state index in [0.717, 1.165) is 66.8 Å². The molecule has 0 saturated heterocycles. The monoisotopic (exact) mass is 960 g/mol. The van der Waals surface area contributed by atoms with E-state index in [4.69, 9.17) is 4.42 Å². The lowest BCUT2D eigenvalue weighted by Gasteiger charge is -2.35. The number of para-hydroxylation sites is 3. The van der Waals surface area contributed by atoms with E-state index >= 15 is 0 Å². The largest absolute Gasteiger partial charge is 0.456 e. The zero-order valence-corrected chi connectivity index (χ0v) is 41.5. The Bertz CT molecular complexity index is 4240. The van der Waals surface area contributed by atoms with Crippen LogP contribution in [0.25, 0.3) is 82.5 Å². The maximum atomic E-state index is 6.81. The topological polar surface area (TPSA) is 21.3 Å². The summed E-state index contributed by atoms with van der Waals surface area (Å²) in [5.74, 6) is 0. The number of hydrogen-bond acceptors (Lipinski definition) is 2. The van der Waals surface area contributed by atoms with Crippen molar-refractivity contribution >= 4 is 100 Å². The van der Waals surface area contributed by atoms with E-state index in [1.54, 1.807) is 0 Å². The maximum Gasteiger partial charge on any atom is 0.179 e. The van der Waals surface area contributed by atoms with E-state index in [0.29, 0.717) is 0 Å². The summed E-state index contributed by atoms with van der Waals surface area (Å²) in [5, 5.41) is 12.4. The van der Waals surface area contributed by atoms with E-state index in [2.05, 4.69) is 301 Å². The van der Waals surface area contributed by atoms with Crippen LogP contribution in [-0.4, -0.2) is 12.6 Å². The molecule has 348 valence electrons. The summed E-state index contributed by atoms with van der Waals surface area (Å²) in [7, 11) is -2.77. The zero-order valence-electron chi connectivity index (χ0n) is 40.5. The molecule has 14 rings (SSSR count). The molecule has 0 unspecified atom stereocenters. The highest BCUT2D eigenvalue weighted by Crippen LogP contribution is 2.47. The van der Waals surface area contributed by atoms with Crippen molar-refractivity contribution in [3.63, 3.8) is 0 Å². The van der Waals surface area contributed by atoms with Crippen LogP contribution in [0.5, 0.6) is 0 Å². The highest BCUT2D eigenvalue weighted by atomic mass is 28.3. The number of anilines is 3. The second kappa shape index (κ2) is 18.0. The molecular formula is C70H48N2OSi. The molecule has 2 heterocycles. The fourth-order valence-corrected chi connectivity index (χ4v) is 16.6. The van der Waals surface area contributed by atoms with Crippen LogP contribution in [0.15, 0.2) is 296 Å². The molecule has 0 saturated carbocycles. The van der Waals surface area contributed by atoms with Crippen molar-refractivity contribution in [3.05, 3.63) is 291 Å². The molecule has 3 nitrogen and oxygen atoms in total. The summed E-state index contributed by atoms with van der Waals surface area (Å²) >= 11 is 0. The molecule has 0 N–H and O–H groups in total. The minimum atomic E-state index is -2.77. The van der Waals surface area contributed by atoms with Gasteiger partial charge in [-0.25, -0.2) is 0 Å². The third kappa shape index (κ3) is 7.02. The van der Waals surface area contributed by atoms with E-state index < -0.39 is 8.07 Å². The Morgan fingerprint density at radius 2 is 0.851 bits per heavy atom. The van der Waals surface area contributed by atoms with Gasteiger partial charge in [0.15, 0.2) is 8.07 Å². The predicted molar refractivity (Wildman–Crippen MR) is 315 cm³/mol. The molecule has 0 radical (unpaired) electrons. The van der Waals surface area contributed by atoms with Crippen LogP contribution < -0.4 is 25.6 Å². The molecule has 0 aliphatic heterocycles. The zero-order chi connectivity index (χ0) is 49.0. The lowest BCUT2D eigenvalue weighted by Crippen LogP contribution is -2.74. The first-order valence-corrected chi connectivity index (χ1v) is 27.4. The summed E-state index contributed by atoms with van der Waals surface area (Å²) in [5.41, 5.74) is 12.9. The number of furan rings is 1. The van der Waals surface area contributed by atoms with E-state index in [-0.39, 0.29) is 0 Å². The minimum absolute atomic E-state index is 0.860. The Morgan fingerprint density at radius 1 is 0.324 bits per heavy atom. The Hall–Kier alpha value is -9.48. The molecule has 0 atom stereocenters. The van der Waals surface area contributed by atoms with Crippen molar-refractivity contribution in [2.75, 3.05) is 4.90 Å². The third-order valence-corrected chi connectivity index (χ3v) is 19.9. The molecule has 0 amide bonds. The molecule has 0 bridgehead atoms. The highest BCUT2D eigenvalue weighted by molar-refractivity contribution is 7.19. The van der Waals surface area contributed by atoms with E-state index in [1.807, 2.05) is 0 Å². The van der Waals surface area contributed by atoms with Gasteiger partial charge in [0.25, 0.3) is 0 Å². The Kier molecular flexibility index (Phi) is 10.5. The van der Waals surface area contributed by atoms with Crippen LogP contribution in [0, 0.1) is 0 Å². The van der Waals surface area contributed by atoms with Gasteiger partial charge in [0.1, 0.15) is 11.2 Å². The number of benzene rings is 12. The van der Waals surface area contributed by atoms with E-state index in [9.17, 15) is 0 Å². The van der Waals surface area contributed by atoms with Gasteiger partial charge >= 0.3 is 0 Å². The first kappa shape index (κ1) is 43.3. The average molecular weight is 961 g/mol. The van der Waals surface area contributed by atoms with Gasteiger partial charge in [-0.1, -0.05) is 224 Å². The fourth-order valence-electron chi connectivity index (χ4n) is 11.9. The fraction of sp³-hybridized carbons (Fsp3) is 0. The van der Waals surface area contributed by atoms with Crippen molar-refractivity contribution in [1.82, 2.24) is 4.57 Å². The Morgan fingerprint density at radius 3 is 1.53 bits per heavy atom. The van der Waals surface area contributed by atoms with Crippen LogP contribution in [-0.2, 0) is 0 Å². The molecule has 0 aliphatic carbocycles. The molecule has 2 aromatic heterocycles. The number of hydrogen-bond donors (Lipinski definition) is 0. The molecular weight excluding hydrogens is 913 g/mol. The van der Waals surface area contributed by atoms with Gasteiger partial charge in [0.2, 0.25) is 0 Å². The van der Waals surface area contributed by atoms with Crippen LogP contribution in [0.2, 0.25) is 0 Å². The van der Waals surface area contributed by atoms with E-state index in [1.165, 1.54) is 53.4 Å². The molecule has 74 heavy (non-hydrogen) atoms. The molecule has 0 spiro atoms. The predicted octanol–water partition coefficient (Wildman–Crippen LogP) is 16.0. The lowest BCUT2D eigenvalue weighted by atomic mass is 9.96. The first-order chi connectivity index (χ1) is 36.7. The van der Waals surface area contributed by atoms with Crippen molar-refractivity contribution in [3.8, 4) is 27.9 Å². The normalized spacial score (nSPS) is 11.8. The smallest absolute Gasteiger partial charge is 0.179 e. The number of fused-ring (bicyclic) bond motifs is 8. The molecule has 12 aromatic carbocycles. The van der Waals surface area contributed by atoms with Gasteiger partial charge in [-0.05, 0) is 121 Å². The second-order valence-electron chi connectivity index (χ2n) is 19.2. The van der Waals surface area contributed by atoms with Crippen molar-refractivity contribution in [2.24, 2.45) is 0 Å². The van der Waals surface area contributed by atoms with Gasteiger partial charge in [-0.15, -0.1) is 0 Å². The lowest BCUT2D eigenvalue weighted by molar-refractivity contribution is 0.669.